The minimum absolute atomic E-state index is 0.587. The van der Waals surface area contributed by atoms with Crippen molar-refractivity contribution in [2.24, 2.45) is 17.3 Å². The van der Waals surface area contributed by atoms with Gasteiger partial charge in [-0.1, -0.05) is 12.2 Å². The first-order valence-electron chi connectivity index (χ1n) is 6.54. The Balaban J connectivity index is 2.12. The Morgan fingerprint density at radius 2 is 2.07 bits per heavy atom. The Morgan fingerprint density at radius 3 is 2.73 bits per heavy atom. The lowest BCUT2D eigenvalue weighted by Gasteiger charge is -2.42. The lowest BCUT2D eigenvalue weighted by Crippen LogP contribution is -2.39. The summed E-state index contributed by atoms with van der Waals surface area (Å²) in [5.74, 6) is 3.52. The van der Waals surface area contributed by atoms with Crippen molar-refractivity contribution in [1.82, 2.24) is 0 Å². The van der Waals surface area contributed by atoms with Crippen LogP contribution in [0, 0.1) is 23.2 Å². The summed E-state index contributed by atoms with van der Waals surface area (Å²) < 4.78 is 0. The Morgan fingerprint density at radius 1 is 1.33 bits per heavy atom. The van der Waals surface area contributed by atoms with Gasteiger partial charge in [0.05, 0.1) is 18.3 Å². The van der Waals surface area contributed by atoms with Crippen LogP contribution in [-0.2, 0) is 0 Å². The standard InChI is InChI=1S/C15H25/c1-11(2)13-7-9-15(4)8-5-6-12(3)14(15)10-13/h12-13H,1,5-10H2,2-4H3/q+1/t12-,13-,15-/m1/s1. The Labute approximate surface area is 95.1 Å². The molecule has 0 aliphatic heterocycles. The highest BCUT2D eigenvalue weighted by atomic mass is 14.5. The van der Waals surface area contributed by atoms with E-state index in [1.54, 1.807) is 0 Å². The predicted octanol–water partition coefficient (Wildman–Crippen LogP) is 4.76. The highest BCUT2D eigenvalue weighted by Crippen LogP contribution is 2.55. The molecule has 0 radical (unpaired) electrons. The van der Waals surface area contributed by atoms with Gasteiger partial charge in [0.2, 0.25) is 0 Å². The van der Waals surface area contributed by atoms with Crippen molar-refractivity contribution in [3.63, 3.8) is 0 Å². The molecule has 0 spiro atoms. The van der Waals surface area contributed by atoms with Gasteiger partial charge in [-0.15, -0.1) is 0 Å². The van der Waals surface area contributed by atoms with Crippen molar-refractivity contribution in [1.29, 1.82) is 0 Å². The molecule has 0 aromatic rings. The zero-order valence-corrected chi connectivity index (χ0v) is 10.6. The molecule has 0 unspecified atom stereocenters. The third-order valence-corrected chi connectivity index (χ3v) is 4.94. The molecule has 0 bridgehead atoms. The van der Waals surface area contributed by atoms with E-state index in [4.69, 9.17) is 0 Å². The van der Waals surface area contributed by atoms with Crippen LogP contribution in [0.4, 0.5) is 0 Å². The molecule has 3 atom stereocenters. The second-order valence-corrected chi connectivity index (χ2v) is 6.17. The van der Waals surface area contributed by atoms with E-state index in [2.05, 4.69) is 27.4 Å². The van der Waals surface area contributed by atoms with E-state index in [-0.39, 0.29) is 0 Å². The molecule has 15 heavy (non-hydrogen) atoms. The summed E-state index contributed by atoms with van der Waals surface area (Å²) in [6.45, 7) is 11.3. The number of hydrogen-bond acceptors (Lipinski definition) is 0. The van der Waals surface area contributed by atoms with E-state index in [1.165, 1.54) is 44.1 Å². The quantitative estimate of drug-likeness (QED) is 0.427. The molecule has 0 N–H and O–H groups in total. The molecule has 0 nitrogen and oxygen atoms in total. The van der Waals surface area contributed by atoms with Gasteiger partial charge in [0.25, 0.3) is 0 Å². The number of fused-ring (bicyclic) bond motifs is 1. The molecule has 2 fully saturated rings. The van der Waals surface area contributed by atoms with Crippen LogP contribution < -0.4 is 0 Å². The molecular formula is C15H25+. The summed E-state index contributed by atoms with van der Waals surface area (Å²) in [5, 5.41) is 0. The number of hydrogen-bond donors (Lipinski definition) is 0. The van der Waals surface area contributed by atoms with Crippen LogP contribution in [0.3, 0.4) is 0 Å². The molecule has 0 amide bonds. The molecule has 0 heteroatoms. The fraction of sp³-hybridized carbons (Fsp3) is 0.800. The minimum Gasteiger partial charge on any atom is -0.0997 e. The van der Waals surface area contributed by atoms with Crippen molar-refractivity contribution in [3.8, 4) is 0 Å². The maximum absolute atomic E-state index is 4.15. The van der Waals surface area contributed by atoms with E-state index < -0.39 is 0 Å². The Bertz CT molecular complexity index is 253. The largest absolute Gasteiger partial charge is 0.108 e. The normalized spacial score (nSPS) is 41.1. The van der Waals surface area contributed by atoms with Crippen LogP contribution in [-0.4, -0.2) is 0 Å². The first-order chi connectivity index (χ1) is 7.03. The number of rotatable bonds is 1. The highest BCUT2D eigenvalue weighted by molar-refractivity contribution is 5.17. The topological polar surface area (TPSA) is 0 Å². The first kappa shape index (κ1) is 11.1. The van der Waals surface area contributed by atoms with Gasteiger partial charge >= 0.3 is 0 Å². The molecule has 0 heterocycles. The van der Waals surface area contributed by atoms with Crippen molar-refractivity contribution in [2.75, 3.05) is 0 Å². The fourth-order valence-electron chi connectivity index (χ4n) is 3.74. The molecular weight excluding hydrogens is 180 g/mol. The summed E-state index contributed by atoms with van der Waals surface area (Å²) in [4.78, 5) is 0. The van der Waals surface area contributed by atoms with Crippen molar-refractivity contribution in [3.05, 3.63) is 18.1 Å². The summed E-state index contributed by atoms with van der Waals surface area (Å²) in [7, 11) is 0. The fourth-order valence-corrected chi connectivity index (χ4v) is 3.74. The summed E-state index contributed by atoms with van der Waals surface area (Å²) in [6, 6.07) is 0. The molecule has 0 aromatic carbocycles. The van der Waals surface area contributed by atoms with E-state index in [0.29, 0.717) is 5.41 Å². The maximum atomic E-state index is 4.15. The smallest absolute Gasteiger partial charge is 0.0997 e. The maximum Gasteiger partial charge on any atom is 0.108 e. The van der Waals surface area contributed by atoms with Crippen molar-refractivity contribution >= 4 is 0 Å². The second kappa shape index (κ2) is 3.88. The van der Waals surface area contributed by atoms with Gasteiger partial charge in [-0.3, -0.25) is 0 Å². The highest BCUT2D eigenvalue weighted by Gasteiger charge is 2.53. The molecule has 84 valence electrons. The van der Waals surface area contributed by atoms with Crippen LogP contribution in [0.2, 0.25) is 0 Å². The molecule has 0 aromatic heterocycles. The van der Waals surface area contributed by atoms with Gasteiger partial charge in [-0.2, -0.15) is 0 Å². The van der Waals surface area contributed by atoms with Gasteiger partial charge in [-0.25, -0.2) is 0 Å². The van der Waals surface area contributed by atoms with Gasteiger partial charge in [-0.05, 0) is 52.9 Å². The van der Waals surface area contributed by atoms with Crippen molar-refractivity contribution < 1.29 is 0 Å². The van der Waals surface area contributed by atoms with Crippen LogP contribution in [0.15, 0.2) is 12.2 Å². The lowest BCUT2D eigenvalue weighted by molar-refractivity contribution is 0.130. The van der Waals surface area contributed by atoms with Crippen LogP contribution in [0.5, 0.6) is 0 Å². The summed E-state index contributed by atoms with van der Waals surface area (Å²) in [6.07, 6.45) is 8.43. The minimum atomic E-state index is 0.587. The third-order valence-electron chi connectivity index (χ3n) is 4.94. The monoisotopic (exact) mass is 205 g/mol. The SMILES string of the molecule is C=C(C)[C@@H]1CC[C@@]2(C)CCC[C@@H](C)[C+]2C1. The summed E-state index contributed by atoms with van der Waals surface area (Å²) in [5.41, 5.74) is 1.99. The van der Waals surface area contributed by atoms with Gasteiger partial charge in [0, 0.05) is 5.92 Å². The molecule has 2 aliphatic carbocycles. The van der Waals surface area contributed by atoms with Gasteiger partial charge in [0.1, 0.15) is 5.41 Å². The zero-order valence-electron chi connectivity index (χ0n) is 10.6. The second-order valence-electron chi connectivity index (χ2n) is 6.17. The van der Waals surface area contributed by atoms with E-state index >= 15 is 0 Å². The van der Waals surface area contributed by atoms with Gasteiger partial charge < -0.3 is 0 Å². The Hall–Kier alpha value is -0.390. The first-order valence-corrected chi connectivity index (χ1v) is 6.54. The average Bonchev–Trinajstić information content (AvgIpc) is 2.17. The lowest BCUT2D eigenvalue weighted by atomic mass is 9.54. The van der Waals surface area contributed by atoms with Crippen LogP contribution in [0.25, 0.3) is 0 Å². The van der Waals surface area contributed by atoms with Crippen molar-refractivity contribution in [2.45, 2.75) is 59.3 Å². The van der Waals surface area contributed by atoms with Crippen LogP contribution in [0.1, 0.15) is 59.3 Å². The number of allylic oxidation sites excluding steroid dienone is 1. The third kappa shape index (κ3) is 1.96. The molecule has 0 saturated heterocycles. The van der Waals surface area contributed by atoms with Gasteiger partial charge in [0.15, 0.2) is 0 Å². The zero-order chi connectivity index (χ0) is 11.1. The predicted molar refractivity (Wildman–Crippen MR) is 66.5 cm³/mol. The van der Waals surface area contributed by atoms with E-state index in [0.717, 1.165) is 11.8 Å². The van der Waals surface area contributed by atoms with Crippen LogP contribution >= 0.6 is 0 Å². The molecule has 2 aliphatic rings. The summed E-state index contributed by atoms with van der Waals surface area (Å²) >= 11 is 0. The van der Waals surface area contributed by atoms with E-state index in [9.17, 15) is 0 Å². The molecule has 2 saturated carbocycles. The Kier molecular flexibility index (Phi) is 2.87. The average molecular weight is 205 g/mol. The van der Waals surface area contributed by atoms with E-state index in [1.807, 2.05) is 5.92 Å². The molecule has 2 rings (SSSR count).